The van der Waals surface area contributed by atoms with Crippen molar-refractivity contribution in [1.82, 2.24) is 5.43 Å². The molecular weight excluding hydrogens is 252 g/mol. The molecule has 8 heteroatoms. The molecule has 0 heterocycles. The fourth-order valence-corrected chi connectivity index (χ4v) is 1.22. The van der Waals surface area contributed by atoms with Gasteiger partial charge in [0.2, 0.25) is 0 Å². The summed E-state index contributed by atoms with van der Waals surface area (Å²) in [6.07, 6.45) is 0.932. The summed E-state index contributed by atoms with van der Waals surface area (Å²) in [5.41, 5.74) is 2.34. The Kier molecular flexibility index (Phi) is 4.98. The molecule has 0 aromatic heterocycles. The average Bonchev–Trinajstić information content (AvgIpc) is 2.38. The zero-order valence-corrected chi connectivity index (χ0v) is 9.99. The van der Waals surface area contributed by atoms with Crippen molar-refractivity contribution in [3.8, 4) is 11.8 Å². The first-order valence-corrected chi connectivity index (χ1v) is 5.09. The van der Waals surface area contributed by atoms with Gasteiger partial charge in [0.1, 0.15) is 6.42 Å². The first kappa shape index (κ1) is 14.1. The number of hydrogen-bond donors (Lipinski definition) is 1. The van der Waals surface area contributed by atoms with E-state index in [2.05, 4.69) is 10.5 Å². The number of nitro benzene ring substituents is 1. The van der Waals surface area contributed by atoms with Crippen molar-refractivity contribution in [2.45, 2.75) is 6.42 Å². The number of hydrazone groups is 1. The molecule has 0 spiro atoms. The molecule has 0 saturated carbocycles. The van der Waals surface area contributed by atoms with E-state index in [0.717, 1.165) is 0 Å². The smallest absolute Gasteiger partial charge is 0.311 e. The molecule has 0 aliphatic heterocycles. The summed E-state index contributed by atoms with van der Waals surface area (Å²) in [4.78, 5) is 21.1. The highest BCUT2D eigenvalue weighted by molar-refractivity contribution is 5.84. The van der Waals surface area contributed by atoms with Crippen LogP contribution in [0.2, 0.25) is 0 Å². The lowest BCUT2D eigenvalue weighted by Crippen LogP contribution is -2.16. The molecule has 1 aromatic carbocycles. The van der Waals surface area contributed by atoms with Gasteiger partial charge in [0.15, 0.2) is 5.75 Å². The van der Waals surface area contributed by atoms with Gasteiger partial charge in [-0.3, -0.25) is 14.9 Å². The predicted octanol–water partition coefficient (Wildman–Crippen LogP) is 0.967. The maximum atomic E-state index is 10.9. The molecule has 0 fully saturated rings. The number of amides is 1. The Morgan fingerprint density at radius 3 is 3.00 bits per heavy atom. The molecule has 19 heavy (non-hydrogen) atoms. The third-order valence-electron chi connectivity index (χ3n) is 2.04. The summed E-state index contributed by atoms with van der Waals surface area (Å²) in [6, 6.07) is 5.90. The van der Waals surface area contributed by atoms with E-state index in [0.29, 0.717) is 5.56 Å². The summed E-state index contributed by atoms with van der Waals surface area (Å²) in [5.74, 6) is -0.419. The second-order valence-electron chi connectivity index (χ2n) is 3.32. The summed E-state index contributed by atoms with van der Waals surface area (Å²) in [5, 5.41) is 22.6. The van der Waals surface area contributed by atoms with Gasteiger partial charge in [-0.25, -0.2) is 5.43 Å². The van der Waals surface area contributed by atoms with E-state index in [1.165, 1.54) is 25.5 Å². The first-order valence-electron chi connectivity index (χ1n) is 5.09. The molecule has 98 valence electrons. The number of carbonyl (C=O) groups excluding carboxylic acids is 1. The van der Waals surface area contributed by atoms with Crippen LogP contribution in [0.25, 0.3) is 0 Å². The monoisotopic (exact) mass is 262 g/mol. The van der Waals surface area contributed by atoms with Crippen LogP contribution in [0.15, 0.2) is 23.3 Å². The van der Waals surface area contributed by atoms with Gasteiger partial charge < -0.3 is 4.74 Å². The highest BCUT2D eigenvalue weighted by Gasteiger charge is 2.14. The van der Waals surface area contributed by atoms with E-state index in [-0.39, 0.29) is 17.9 Å². The lowest BCUT2D eigenvalue weighted by Gasteiger charge is -2.01. The van der Waals surface area contributed by atoms with Crippen molar-refractivity contribution in [2.24, 2.45) is 5.10 Å². The third kappa shape index (κ3) is 4.08. The summed E-state index contributed by atoms with van der Waals surface area (Å²) in [6.45, 7) is 0. The Bertz CT molecular complexity index is 562. The standard InChI is InChI=1S/C11H10N4O4/c1-19-10-3-2-8(6-9(10)15(17)18)7-13-14-11(16)4-5-12/h2-3,6-7H,4H2,1H3,(H,14,16)/b13-7-. The van der Waals surface area contributed by atoms with Crippen molar-refractivity contribution in [2.75, 3.05) is 7.11 Å². The molecular formula is C11H10N4O4. The highest BCUT2D eigenvalue weighted by Crippen LogP contribution is 2.26. The molecule has 1 amide bonds. The molecule has 0 unspecified atom stereocenters. The second kappa shape index (κ2) is 6.70. The normalized spacial score (nSPS) is 9.89. The summed E-state index contributed by atoms with van der Waals surface area (Å²) in [7, 11) is 1.33. The van der Waals surface area contributed by atoms with Gasteiger partial charge in [-0.05, 0) is 12.1 Å². The number of carbonyl (C=O) groups is 1. The fraction of sp³-hybridized carbons (Fsp3) is 0.182. The van der Waals surface area contributed by atoms with Crippen LogP contribution in [0.3, 0.4) is 0 Å². The fourth-order valence-electron chi connectivity index (χ4n) is 1.22. The minimum absolute atomic E-state index is 0.135. The van der Waals surface area contributed by atoms with E-state index in [9.17, 15) is 14.9 Å². The van der Waals surface area contributed by atoms with E-state index in [4.69, 9.17) is 10.00 Å². The Balaban J connectivity index is 2.83. The first-order chi connectivity index (χ1) is 9.08. The number of nitrogens with one attached hydrogen (secondary N) is 1. The van der Waals surface area contributed by atoms with Crippen LogP contribution < -0.4 is 10.2 Å². The zero-order valence-electron chi connectivity index (χ0n) is 9.99. The van der Waals surface area contributed by atoms with Crippen LogP contribution in [0.4, 0.5) is 5.69 Å². The van der Waals surface area contributed by atoms with Gasteiger partial charge in [0.25, 0.3) is 5.91 Å². The topological polar surface area (TPSA) is 118 Å². The number of nitriles is 1. The zero-order chi connectivity index (χ0) is 14.3. The minimum Gasteiger partial charge on any atom is -0.490 e. The maximum Gasteiger partial charge on any atom is 0.311 e. The minimum atomic E-state index is -0.579. The Morgan fingerprint density at radius 1 is 1.68 bits per heavy atom. The summed E-state index contributed by atoms with van der Waals surface area (Å²) < 4.78 is 4.84. The van der Waals surface area contributed by atoms with Crippen molar-refractivity contribution >= 4 is 17.8 Å². The largest absolute Gasteiger partial charge is 0.490 e. The molecule has 8 nitrogen and oxygen atoms in total. The molecule has 1 N–H and O–H groups in total. The van der Waals surface area contributed by atoms with E-state index < -0.39 is 10.8 Å². The van der Waals surface area contributed by atoms with Crippen molar-refractivity contribution in [3.05, 3.63) is 33.9 Å². The van der Waals surface area contributed by atoms with Gasteiger partial charge in [-0.2, -0.15) is 10.4 Å². The molecule has 0 saturated heterocycles. The predicted molar refractivity (Wildman–Crippen MR) is 65.6 cm³/mol. The van der Waals surface area contributed by atoms with E-state index >= 15 is 0 Å². The molecule has 1 rings (SSSR count). The number of rotatable bonds is 5. The van der Waals surface area contributed by atoms with Crippen molar-refractivity contribution in [1.29, 1.82) is 5.26 Å². The number of nitro groups is 1. The van der Waals surface area contributed by atoms with E-state index in [1.54, 1.807) is 12.1 Å². The number of ether oxygens (including phenoxy) is 1. The van der Waals surface area contributed by atoms with Gasteiger partial charge in [0.05, 0.1) is 24.3 Å². The number of hydrogen-bond acceptors (Lipinski definition) is 6. The highest BCUT2D eigenvalue weighted by atomic mass is 16.6. The van der Waals surface area contributed by atoms with Crippen LogP contribution in [0.5, 0.6) is 5.75 Å². The number of benzene rings is 1. The van der Waals surface area contributed by atoms with Gasteiger partial charge in [0, 0.05) is 11.6 Å². The lowest BCUT2D eigenvalue weighted by atomic mass is 10.2. The second-order valence-corrected chi connectivity index (χ2v) is 3.32. The average molecular weight is 262 g/mol. The van der Waals surface area contributed by atoms with Crippen LogP contribution in [-0.4, -0.2) is 24.2 Å². The molecule has 1 aromatic rings. The summed E-state index contributed by atoms with van der Waals surface area (Å²) >= 11 is 0. The van der Waals surface area contributed by atoms with Gasteiger partial charge in [-0.1, -0.05) is 0 Å². The Labute approximate surface area is 108 Å². The Hall–Kier alpha value is -2.95. The van der Waals surface area contributed by atoms with Crippen LogP contribution in [0.1, 0.15) is 12.0 Å². The molecule has 0 atom stereocenters. The maximum absolute atomic E-state index is 10.9. The SMILES string of the molecule is COc1ccc(/C=N\NC(=O)CC#N)cc1[N+](=O)[O-]. The molecule has 0 bridgehead atoms. The van der Waals surface area contributed by atoms with Crippen molar-refractivity contribution < 1.29 is 14.5 Å². The lowest BCUT2D eigenvalue weighted by molar-refractivity contribution is -0.385. The van der Waals surface area contributed by atoms with Crippen LogP contribution in [0, 0.1) is 21.4 Å². The van der Waals surface area contributed by atoms with Gasteiger partial charge >= 0.3 is 5.69 Å². The Morgan fingerprint density at radius 2 is 2.42 bits per heavy atom. The quantitative estimate of drug-likeness (QED) is 0.481. The molecule has 0 aliphatic carbocycles. The number of methoxy groups -OCH3 is 1. The number of nitrogens with zero attached hydrogens (tertiary/aromatic N) is 3. The molecule has 0 radical (unpaired) electrons. The van der Waals surface area contributed by atoms with Crippen molar-refractivity contribution in [3.63, 3.8) is 0 Å². The third-order valence-corrected chi connectivity index (χ3v) is 2.04. The van der Waals surface area contributed by atoms with Crippen LogP contribution in [-0.2, 0) is 4.79 Å². The van der Waals surface area contributed by atoms with Crippen LogP contribution >= 0.6 is 0 Å². The molecule has 0 aliphatic rings. The van der Waals surface area contributed by atoms with E-state index in [1.807, 2.05) is 0 Å². The van der Waals surface area contributed by atoms with Gasteiger partial charge in [-0.15, -0.1) is 0 Å².